The van der Waals surface area contributed by atoms with Crippen LogP contribution in [0.3, 0.4) is 0 Å². The number of rotatable bonds is 7. The zero-order valence-electron chi connectivity index (χ0n) is 17.9. The number of amides is 1. The molecule has 0 radical (unpaired) electrons. The Labute approximate surface area is 179 Å². The van der Waals surface area contributed by atoms with E-state index in [-0.39, 0.29) is 17.5 Å². The molecule has 1 aliphatic rings. The summed E-state index contributed by atoms with van der Waals surface area (Å²) in [5.74, 6) is -0.167. The van der Waals surface area contributed by atoms with Crippen molar-refractivity contribution < 1.29 is 4.79 Å². The molecule has 0 N–H and O–H groups in total. The molecule has 0 aliphatic carbocycles. The van der Waals surface area contributed by atoms with Crippen molar-refractivity contribution in [2.75, 3.05) is 39.3 Å². The van der Waals surface area contributed by atoms with Crippen LogP contribution in [0.4, 0.5) is 0 Å². The summed E-state index contributed by atoms with van der Waals surface area (Å²) in [4.78, 5) is 19.1. The monoisotopic (exact) mass is 402 g/mol. The summed E-state index contributed by atoms with van der Waals surface area (Å²) in [7, 11) is 0. The summed E-state index contributed by atoms with van der Waals surface area (Å²) in [5.41, 5.74) is 2.72. The highest BCUT2D eigenvalue weighted by Crippen LogP contribution is 2.29. The number of carbonyl (C=O) groups excluding carboxylic acids is 1. The Kier molecular flexibility index (Phi) is 7.64. The van der Waals surface area contributed by atoms with E-state index in [4.69, 9.17) is 0 Å². The number of hydrogen-bond donors (Lipinski definition) is 0. The molecule has 1 fully saturated rings. The number of hydrogen-bond acceptors (Lipinski definition) is 4. The zero-order chi connectivity index (χ0) is 21.3. The Bertz CT molecular complexity index is 837. The van der Waals surface area contributed by atoms with Crippen LogP contribution in [-0.2, 0) is 4.79 Å². The van der Waals surface area contributed by atoms with Crippen LogP contribution < -0.4 is 0 Å². The van der Waals surface area contributed by atoms with Gasteiger partial charge in [0.05, 0.1) is 6.04 Å². The first-order valence-corrected chi connectivity index (χ1v) is 10.7. The molecule has 2 aromatic carbocycles. The highest BCUT2D eigenvalue weighted by molar-refractivity contribution is 5.97. The van der Waals surface area contributed by atoms with Crippen molar-refractivity contribution in [3.63, 3.8) is 0 Å². The fraction of sp³-hybridized carbons (Fsp3) is 0.360. The van der Waals surface area contributed by atoms with Crippen molar-refractivity contribution in [2.24, 2.45) is 0 Å². The van der Waals surface area contributed by atoms with Crippen LogP contribution in [0.1, 0.15) is 31.0 Å². The highest BCUT2D eigenvalue weighted by Gasteiger charge is 2.29. The topological polar surface area (TPSA) is 50.6 Å². The minimum Gasteiger partial charge on any atom is -0.377 e. The van der Waals surface area contributed by atoms with Gasteiger partial charge in [-0.15, -0.1) is 0 Å². The lowest BCUT2D eigenvalue weighted by molar-refractivity contribution is -0.128. The van der Waals surface area contributed by atoms with Crippen molar-refractivity contribution in [1.82, 2.24) is 14.7 Å². The maximum atomic E-state index is 12.9. The quantitative estimate of drug-likeness (QED) is 0.524. The highest BCUT2D eigenvalue weighted by atomic mass is 16.2. The summed E-state index contributed by atoms with van der Waals surface area (Å²) in [6.45, 7) is 8.36. The molecule has 1 aliphatic heterocycles. The van der Waals surface area contributed by atoms with Crippen LogP contribution >= 0.6 is 0 Å². The molecule has 0 saturated carbocycles. The number of benzene rings is 2. The van der Waals surface area contributed by atoms with Gasteiger partial charge < -0.3 is 9.80 Å². The van der Waals surface area contributed by atoms with E-state index in [1.54, 1.807) is 6.20 Å². The summed E-state index contributed by atoms with van der Waals surface area (Å²) in [5, 5.41) is 9.50. The molecular weight excluding hydrogens is 372 g/mol. The van der Waals surface area contributed by atoms with Gasteiger partial charge in [0.1, 0.15) is 11.6 Å². The fourth-order valence-electron chi connectivity index (χ4n) is 3.96. The third kappa shape index (κ3) is 5.08. The summed E-state index contributed by atoms with van der Waals surface area (Å²) < 4.78 is 0. The molecule has 5 nitrogen and oxygen atoms in total. The van der Waals surface area contributed by atoms with Gasteiger partial charge in [-0.3, -0.25) is 9.69 Å². The van der Waals surface area contributed by atoms with Gasteiger partial charge in [0.15, 0.2) is 0 Å². The molecule has 30 heavy (non-hydrogen) atoms. The molecule has 0 unspecified atom stereocenters. The summed E-state index contributed by atoms with van der Waals surface area (Å²) >= 11 is 0. The smallest absolute Gasteiger partial charge is 0.266 e. The van der Waals surface area contributed by atoms with E-state index in [9.17, 15) is 10.1 Å². The second-order valence-corrected chi connectivity index (χ2v) is 7.43. The standard InChI is InChI=1S/C25H30N4O/c1-3-27(4-2)20-23(19-26)25(30)29-17-15-28(16-18-29)24(21-11-7-5-8-12-21)22-13-9-6-10-14-22/h5-14,20,24H,3-4,15-18H2,1-2H3/b23-20-. The largest absolute Gasteiger partial charge is 0.377 e. The molecule has 0 aromatic heterocycles. The van der Waals surface area contributed by atoms with E-state index in [0.717, 1.165) is 26.2 Å². The van der Waals surface area contributed by atoms with Crippen molar-refractivity contribution in [3.05, 3.63) is 83.6 Å². The molecule has 1 heterocycles. The molecule has 1 saturated heterocycles. The van der Waals surface area contributed by atoms with E-state index >= 15 is 0 Å². The normalized spacial score (nSPS) is 15.1. The van der Waals surface area contributed by atoms with E-state index in [1.807, 2.05) is 35.8 Å². The minimum absolute atomic E-state index is 0.159. The molecule has 5 heteroatoms. The van der Waals surface area contributed by atoms with Crippen LogP contribution in [-0.4, -0.2) is 59.9 Å². The van der Waals surface area contributed by atoms with Gasteiger partial charge in [-0.05, 0) is 25.0 Å². The first kappa shape index (κ1) is 21.6. The third-order valence-corrected chi connectivity index (χ3v) is 5.67. The van der Waals surface area contributed by atoms with Crippen molar-refractivity contribution in [1.29, 1.82) is 5.26 Å². The molecule has 156 valence electrons. The maximum Gasteiger partial charge on any atom is 0.266 e. The Morgan fingerprint density at radius 3 is 1.90 bits per heavy atom. The molecule has 3 rings (SSSR count). The molecule has 1 amide bonds. The summed E-state index contributed by atoms with van der Waals surface area (Å²) in [6, 6.07) is 23.3. The second kappa shape index (κ2) is 10.6. The molecule has 2 aromatic rings. The van der Waals surface area contributed by atoms with Gasteiger partial charge in [-0.25, -0.2) is 0 Å². The fourth-order valence-corrected chi connectivity index (χ4v) is 3.96. The van der Waals surface area contributed by atoms with Gasteiger partial charge in [0.2, 0.25) is 0 Å². The first-order valence-electron chi connectivity index (χ1n) is 10.7. The van der Waals surface area contributed by atoms with E-state index in [0.29, 0.717) is 13.1 Å². The van der Waals surface area contributed by atoms with Gasteiger partial charge in [0, 0.05) is 45.5 Å². The number of nitrogens with zero attached hydrogens (tertiary/aromatic N) is 4. The van der Waals surface area contributed by atoms with Crippen LogP contribution in [0.2, 0.25) is 0 Å². The predicted octanol–water partition coefficient (Wildman–Crippen LogP) is 3.67. The molecular formula is C25H30N4O. The molecule has 0 spiro atoms. The van der Waals surface area contributed by atoms with Crippen LogP contribution in [0, 0.1) is 11.3 Å². The van der Waals surface area contributed by atoms with Gasteiger partial charge in [0.25, 0.3) is 5.91 Å². The van der Waals surface area contributed by atoms with E-state index < -0.39 is 0 Å². The van der Waals surface area contributed by atoms with Crippen molar-refractivity contribution in [3.8, 4) is 6.07 Å². The molecule has 0 atom stereocenters. The SMILES string of the molecule is CCN(/C=C(/C#N)C(=O)N1CCN(C(c2ccccc2)c2ccccc2)CC1)CC. The van der Waals surface area contributed by atoms with E-state index in [2.05, 4.69) is 59.5 Å². The van der Waals surface area contributed by atoms with Crippen LogP contribution in [0.5, 0.6) is 0 Å². The van der Waals surface area contributed by atoms with Gasteiger partial charge in [-0.1, -0.05) is 60.7 Å². The third-order valence-electron chi connectivity index (χ3n) is 5.67. The Hall–Kier alpha value is -3.10. The zero-order valence-corrected chi connectivity index (χ0v) is 17.9. The second-order valence-electron chi connectivity index (χ2n) is 7.43. The van der Waals surface area contributed by atoms with Gasteiger partial charge in [-0.2, -0.15) is 5.26 Å². The lowest BCUT2D eigenvalue weighted by atomic mass is 9.96. The first-order chi connectivity index (χ1) is 14.7. The predicted molar refractivity (Wildman–Crippen MR) is 119 cm³/mol. The average molecular weight is 403 g/mol. The lowest BCUT2D eigenvalue weighted by Gasteiger charge is -2.39. The maximum absolute atomic E-state index is 12.9. The van der Waals surface area contributed by atoms with E-state index in [1.165, 1.54) is 11.1 Å². The Morgan fingerprint density at radius 1 is 0.967 bits per heavy atom. The van der Waals surface area contributed by atoms with Gasteiger partial charge >= 0.3 is 0 Å². The van der Waals surface area contributed by atoms with Crippen LogP contribution in [0.15, 0.2) is 72.4 Å². The lowest BCUT2D eigenvalue weighted by Crippen LogP contribution is -2.50. The average Bonchev–Trinajstić information content (AvgIpc) is 2.82. The summed E-state index contributed by atoms with van der Waals surface area (Å²) in [6.07, 6.45) is 1.70. The number of piperazine rings is 1. The Balaban J connectivity index is 1.74. The van der Waals surface area contributed by atoms with Crippen molar-refractivity contribution >= 4 is 5.91 Å². The number of carbonyl (C=O) groups is 1. The minimum atomic E-state index is -0.167. The molecule has 0 bridgehead atoms. The Morgan fingerprint density at radius 2 is 1.47 bits per heavy atom. The van der Waals surface area contributed by atoms with Crippen LogP contribution in [0.25, 0.3) is 0 Å². The number of nitriles is 1. The van der Waals surface area contributed by atoms with Crippen molar-refractivity contribution in [2.45, 2.75) is 19.9 Å².